The Morgan fingerprint density at radius 1 is 1.46 bits per heavy atom. The van der Waals surface area contributed by atoms with Crippen molar-refractivity contribution in [2.45, 2.75) is 6.42 Å². The number of alkyl halides is 1. The second-order valence-electron chi connectivity index (χ2n) is 2.65. The number of hydrogen-bond donors (Lipinski definition) is 1. The van der Waals surface area contributed by atoms with E-state index in [-0.39, 0.29) is 5.82 Å². The maximum Gasteiger partial charge on any atom is 0.125 e. The topological polar surface area (TPSA) is 26.0 Å². The fourth-order valence-corrected chi connectivity index (χ4v) is 1.10. The average Bonchev–Trinajstić information content (AvgIpc) is 2.09. The van der Waals surface area contributed by atoms with E-state index in [1.165, 1.54) is 12.1 Å². The first-order valence-electron chi connectivity index (χ1n) is 4.01. The number of rotatable bonds is 3. The fraction of sp³-hybridized carbons (Fsp3) is 0.200. The highest BCUT2D eigenvalue weighted by Gasteiger charge is 1.95. The summed E-state index contributed by atoms with van der Waals surface area (Å²) in [5.41, 5.74) is 6.85. The number of anilines is 1. The third kappa shape index (κ3) is 3.07. The molecule has 1 aromatic rings. The number of nitrogens with two attached hydrogens (primary N) is 1. The van der Waals surface area contributed by atoms with Crippen LogP contribution < -0.4 is 5.73 Å². The van der Waals surface area contributed by atoms with Gasteiger partial charge in [0.2, 0.25) is 0 Å². The standard InChI is InChI=1S/C10H11ClFN/c11-6-2-1-3-8-4-5-9(12)7-10(8)13/h1,3-5,7H,2,6,13H2. The van der Waals surface area contributed by atoms with E-state index in [1.807, 2.05) is 12.2 Å². The van der Waals surface area contributed by atoms with E-state index < -0.39 is 0 Å². The summed E-state index contributed by atoms with van der Waals surface area (Å²) >= 11 is 5.49. The molecule has 0 atom stereocenters. The van der Waals surface area contributed by atoms with Crippen LogP contribution in [0.25, 0.3) is 6.08 Å². The molecule has 0 heterocycles. The fourth-order valence-electron chi connectivity index (χ4n) is 0.971. The molecule has 0 radical (unpaired) electrons. The van der Waals surface area contributed by atoms with Crippen LogP contribution in [-0.2, 0) is 0 Å². The van der Waals surface area contributed by atoms with E-state index >= 15 is 0 Å². The van der Waals surface area contributed by atoms with Crippen LogP contribution in [0.15, 0.2) is 24.3 Å². The predicted octanol–water partition coefficient (Wildman–Crippen LogP) is 3.05. The summed E-state index contributed by atoms with van der Waals surface area (Å²) in [6.45, 7) is 0. The molecule has 1 nitrogen and oxygen atoms in total. The lowest BCUT2D eigenvalue weighted by Gasteiger charge is -1.99. The van der Waals surface area contributed by atoms with Crippen molar-refractivity contribution in [3.05, 3.63) is 35.7 Å². The molecule has 0 saturated carbocycles. The van der Waals surface area contributed by atoms with Gasteiger partial charge in [-0.15, -0.1) is 11.6 Å². The van der Waals surface area contributed by atoms with Gasteiger partial charge in [0, 0.05) is 11.6 Å². The number of nitrogen functional groups attached to an aromatic ring is 1. The van der Waals surface area contributed by atoms with Crippen LogP contribution in [0.4, 0.5) is 10.1 Å². The van der Waals surface area contributed by atoms with Gasteiger partial charge in [-0.05, 0) is 24.1 Å². The maximum atomic E-state index is 12.6. The number of allylic oxidation sites excluding steroid dienone is 1. The zero-order valence-electron chi connectivity index (χ0n) is 7.13. The second-order valence-corrected chi connectivity index (χ2v) is 3.03. The molecule has 13 heavy (non-hydrogen) atoms. The Morgan fingerprint density at radius 2 is 2.23 bits per heavy atom. The third-order valence-corrected chi connectivity index (χ3v) is 1.84. The molecule has 3 heteroatoms. The van der Waals surface area contributed by atoms with Crippen LogP contribution in [0, 0.1) is 5.82 Å². The van der Waals surface area contributed by atoms with E-state index in [2.05, 4.69) is 0 Å². The molecule has 0 aliphatic carbocycles. The first-order chi connectivity index (χ1) is 6.24. The van der Waals surface area contributed by atoms with Crippen LogP contribution in [0.1, 0.15) is 12.0 Å². The van der Waals surface area contributed by atoms with Crippen molar-refractivity contribution < 1.29 is 4.39 Å². The lowest BCUT2D eigenvalue weighted by molar-refractivity contribution is 0.628. The minimum absolute atomic E-state index is 0.313. The lowest BCUT2D eigenvalue weighted by Crippen LogP contribution is -1.89. The number of halogens is 2. The van der Waals surface area contributed by atoms with Gasteiger partial charge in [-0.3, -0.25) is 0 Å². The molecule has 70 valence electrons. The van der Waals surface area contributed by atoms with Crippen LogP contribution in [-0.4, -0.2) is 5.88 Å². The van der Waals surface area contributed by atoms with Gasteiger partial charge in [0.25, 0.3) is 0 Å². The van der Waals surface area contributed by atoms with Gasteiger partial charge in [0.15, 0.2) is 0 Å². The van der Waals surface area contributed by atoms with Crippen molar-refractivity contribution in [3.63, 3.8) is 0 Å². The largest absolute Gasteiger partial charge is 0.398 e. The summed E-state index contributed by atoms with van der Waals surface area (Å²) in [6, 6.07) is 4.34. The molecule has 0 aromatic heterocycles. The van der Waals surface area contributed by atoms with Crippen molar-refractivity contribution in [2.75, 3.05) is 11.6 Å². The molecule has 0 spiro atoms. The summed E-state index contributed by atoms with van der Waals surface area (Å²) in [4.78, 5) is 0. The molecular weight excluding hydrogens is 189 g/mol. The summed E-state index contributed by atoms with van der Waals surface area (Å²) < 4.78 is 12.6. The molecule has 0 saturated heterocycles. The van der Waals surface area contributed by atoms with Gasteiger partial charge in [-0.25, -0.2) is 4.39 Å². The van der Waals surface area contributed by atoms with Crippen LogP contribution >= 0.6 is 11.6 Å². The summed E-state index contributed by atoms with van der Waals surface area (Å²) in [7, 11) is 0. The molecule has 0 amide bonds. The van der Waals surface area contributed by atoms with Crippen LogP contribution in [0.2, 0.25) is 0 Å². The van der Waals surface area contributed by atoms with Crippen molar-refractivity contribution in [1.82, 2.24) is 0 Å². The quantitative estimate of drug-likeness (QED) is 0.588. The highest BCUT2D eigenvalue weighted by molar-refractivity contribution is 6.17. The Morgan fingerprint density at radius 3 is 2.85 bits per heavy atom. The summed E-state index contributed by atoms with van der Waals surface area (Å²) in [5, 5.41) is 0. The average molecular weight is 200 g/mol. The van der Waals surface area contributed by atoms with Gasteiger partial charge in [-0.2, -0.15) is 0 Å². The van der Waals surface area contributed by atoms with E-state index in [0.29, 0.717) is 11.6 Å². The first kappa shape index (κ1) is 10.1. The maximum absolute atomic E-state index is 12.6. The van der Waals surface area contributed by atoms with E-state index in [1.54, 1.807) is 6.07 Å². The monoisotopic (exact) mass is 199 g/mol. The van der Waals surface area contributed by atoms with Crippen molar-refractivity contribution in [1.29, 1.82) is 0 Å². The lowest BCUT2D eigenvalue weighted by atomic mass is 10.1. The molecule has 0 aliphatic rings. The van der Waals surface area contributed by atoms with E-state index in [4.69, 9.17) is 17.3 Å². The van der Waals surface area contributed by atoms with Crippen LogP contribution in [0.3, 0.4) is 0 Å². The van der Waals surface area contributed by atoms with Gasteiger partial charge in [0.05, 0.1) is 0 Å². The van der Waals surface area contributed by atoms with Crippen LogP contribution in [0.5, 0.6) is 0 Å². The smallest absolute Gasteiger partial charge is 0.125 e. The van der Waals surface area contributed by atoms with Gasteiger partial charge in [-0.1, -0.05) is 18.2 Å². The SMILES string of the molecule is Nc1cc(F)ccc1C=CCCCl. The Labute approximate surface area is 82.0 Å². The molecular formula is C10H11ClFN. The molecule has 0 aliphatic heterocycles. The zero-order chi connectivity index (χ0) is 9.68. The Balaban J connectivity index is 2.77. The third-order valence-electron chi connectivity index (χ3n) is 1.62. The zero-order valence-corrected chi connectivity index (χ0v) is 7.89. The second kappa shape index (κ2) is 4.87. The Bertz CT molecular complexity index is 310. The normalized spacial score (nSPS) is 10.9. The molecule has 0 bridgehead atoms. The highest BCUT2D eigenvalue weighted by Crippen LogP contribution is 2.15. The van der Waals surface area contributed by atoms with Crippen molar-refractivity contribution in [2.24, 2.45) is 0 Å². The molecule has 2 N–H and O–H groups in total. The number of hydrogen-bond acceptors (Lipinski definition) is 1. The van der Waals surface area contributed by atoms with E-state index in [9.17, 15) is 4.39 Å². The molecule has 0 fully saturated rings. The minimum atomic E-state index is -0.313. The van der Waals surface area contributed by atoms with Crippen molar-refractivity contribution >= 4 is 23.4 Å². The number of benzene rings is 1. The molecule has 0 unspecified atom stereocenters. The summed E-state index contributed by atoms with van der Waals surface area (Å²) in [5.74, 6) is 0.268. The van der Waals surface area contributed by atoms with Gasteiger partial charge < -0.3 is 5.73 Å². The minimum Gasteiger partial charge on any atom is -0.398 e. The highest BCUT2D eigenvalue weighted by atomic mass is 35.5. The van der Waals surface area contributed by atoms with Crippen molar-refractivity contribution in [3.8, 4) is 0 Å². The summed E-state index contributed by atoms with van der Waals surface area (Å²) in [6.07, 6.45) is 4.55. The first-order valence-corrected chi connectivity index (χ1v) is 4.55. The molecule has 1 rings (SSSR count). The van der Waals surface area contributed by atoms with Gasteiger partial charge >= 0.3 is 0 Å². The van der Waals surface area contributed by atoms with E-state index in [0.717, 1.165) is 12.0 Å². The molecule has 1 aromatic carbocycles. The Hall–Kier alpha value is -1.02. The Kier molecular flexibility index (Phi) is 3.77. The predicted molar refractivity (Wildman–Crippen MR) is 55.2 cm³/mol. The van der Waals surface area contributed by atoms with Gasteiger partial charge in [0.1, 0.15) is 5.82 Å².